The summed E-state index contributed by atoms with van der Waals surface area (Å²) < 4.78 is 25.7. The van der Waals surface area contributed by atoms with Gasteiger partial charge in [0.05, 0.1) is 26.4 Å². The molecule has 0 radical (unpaired) electrons. The molecule has 0 heterocycles. The minimum absolute atomic E-state index is 0.101. The molecule has 0 aliphatic carbocycles. The molecule has 0 aromatic heterocycles. The number of carbonyl (C=O) groups excluding carboxylic acids is 2. The minimum atomic E-state index is -0.511. The Labute approximate surface area is 138 Å². The summed E-state index contributed by atoms with van der Waals surface area (Å²) in [7, 11) is 0. The lowest BCUT2D eigenvalue weighted by Crippen LogP contribution is -2.27. The van der Waals surface area contributed by atoms with Crippen molar-refractivity contribution in [2.75, 3.05) is 39.6 Å². The number of rotatable bonds is 10. The first-order valence-corrected chi connectivity index (χ1v) is 7.66. The summed E-state index contributed by atoms with van der Waals surface area (Å²) in [6.45, 7) is 11.8. The van der Waals surface area contributed by atoms with E-state index in [4.69, 9.17) is 23.7 Å². The Morgan fingerprint density at radius 2 is 0.913 bits per heavy atom. The standard InChI is InChI=1S/C16H30O7/c1-15(2,3)22-13(17)11-20-9-7-19-8-10-21-12-14(18)23-16(4,5)6/h7-12H2,1-6H3. The molecule has 0 saturated carbocycles. The van der Waals surface area contributed by atoms with Crippen molar-refractivity contribution in [3.8, 4) is 0 Å². The van der Waals surface area contributed by atoms with E-state index >= 15 is 0 Å². The van der Waals surface area contributed by atoms with Crippen LogP contribution in [0.25, 0.3) is 0 Å². The molecule has 0 aromatic carbocycles. The Bertz CT molecular complexity index is 318. The van der Waals surface area contributed by atoms with Gasteiger partial charge >= 0.3 is 11.9 Å². The molecule has 0 aromatic rings. The summed E-state index contributed by atoms with van der Waals surface area (Å²) in [6, 6.07) is 0. The van der Waals surface area contributed by atoms with Crippen molar-refractivity contribution in [2.45, 2.75) is 52.7 Å². The molecule has 0 aliphatic heterocycles. The van der Waals surface area contributed by atoms with E-state index in [1.165, 1.54) is 0 Å². The summed E-state index contributed by atoms with van der Waals surface area (Å²) in [5.74, 6) is -0.809. The maximum Gasteiger partial charge on any atom is 0.332 e. The Kier molecular flexibility index (Phi) is 10.0. The first kappa shape index (κ1) is 21.8. The molecule has 0 bridgehead atoms. The zero-order valence-electron chi connectivity index (χ0n) is 15.1. The molecule has 23 heavy (non-hydrogen) atoms. The number of ether oxygens (including phenoxy) is 5. The van der Waals surface area contributed by atoms with Gasteiger partial charge in [-0.05, 0) is 41.5 Å². The maximum absolute atomic E-state index is 11.3. The Morgan fingerprint density at radius 1 is 0.609 bits per heavy atom. The zero-order chi connectivity index (χ0) is 17.9. The SMILES string of the molecule is CC(C)(C)OC(=O)COCCOCCOCC(=O)OC(C)(C)C. The molecule has 0 saturated heterocycles. The second-order valence-corrected chi connectivity index (χ2v) is 6.89. The first-order chi connectivity index (χ1) is 10.5. The predicted octanol–water partition coefficient (Wildman–Crippen LogP) is 1.72. The van der Waals surface area contributed by atoms with Gasteiger partial charge in [0.15, 0.2) is 0 Å². The third kappa shape index (κ3) is 17.0. The van der Waals surface area contributed by atoms with Gasteiger partial charge in [0.2, 0.25) is 0 Å². The van der Waals surface area contributed by atoms with Crippen LogP contribution in [0.3, 0.4) is 0 Å². The molecule has 0 N–H and O–H groups in total. The van der Waals surface area contributed by atoms with Gasteiger partial charge in [-0.2, -0.15) is 0 Å². The minimum Gasteiger partial charge on any atom is -0.458 e. The average Bonchev–Trinajstić information content (AvgIpc) is 2.32. The highest BCUT2D eigenvalue weighted by Crippen LogP contribution is 2.07. The van der Waals surface area contributed by atoms with Crippen LogP contribution in [0.4, 0.5) is 0 Å². The molecule has 136 valence electrons. The fraction of sp³-hybridized carbons (Fsp3) is 0.875. The van der Waals surface area contributed by atoms with Crippen LogP contribution in [0.2, 0.25) is 0 Å². The van der Waals surface area contributed by atoms with E-state index in [9.17, 15) is 9.59 Å². The van der Waals surface area contributed by atoms with Crippen LogP contribution < -0.4 is 0 Å². The molecule has 0 unspecified atom stereocenters. The van der Waals surface area contributed by atoms with Crippen molar-refractivity contribution >= 4 is 11.9 Å². The predicted molar refractivity (Wildman–Crippen MR) is 84.1 cm³/mol. The third-order valence-electron chi connectivity index (χ3n) is 2.02. The van der Waals surface area contributed by atoms with E-state index in [2.05, 4.69) is 0 Å². The highest BCUT2D eigenvalue weighted by molar-refractivity contribution is 5.71. The van der Waals surface area contributed by atoms with Gasteiger partial charge in [-0.3, -0.25) is 0 Å². The monoisotopic (exact) mass is 334 g/mol. The molecular weight excluding hydrogens is 304 g/mol. The highest BCUT2D eigenvalue weighted by Gasteiger charge is 2.16. The van der Waals surface area contributed by atoms with Gasteiger partial charge in [-0.25, -0.2) is 9.59 Å². The van der Waals surface area contributed by atoms with E-state index in [1.54, 1.807) is 41.5 Å². The van der Waals surface area contributed by atoms with Crippen LogP contribution in [0.15, 0.2) is 0 Å². The van der Waals surface area contributed by atoms with Crippen molar-refractivity contribution in [3.63, 3.8) is 0 Å². The van der Waals surface area contributed by atoms with Gasteiger partial charge < -0.3 is 23.7 Å². The lowest BCUT2D eigenvalue weighted by atomic mass is 10.2. The van der Waals surface area contributed by atoms with Gasteiger partial charge in [0.25, 0.3) is 0 Å². The summed E-state index contributed by atoms with van der Waals surface area (Å²) >= 11 is 0. The highest BCUT2D eigenvalue weighted by atomic mass is 16.6. The number of carbonyl (C=O) groups is 2. The second-order valence-electron chi connectivity index (χ2n) is 6.89. The van der Waals surface area contributed by atoms with E-state index < -0.39 is 23.1 Å². The molecule has 0 aliphatic rings. The topological polar surface area (TPSA) is 80.3 Å². The van der Waals surface area contributed by atoms with Crippen molar-refractivity contribution < 1.29 is 33.3 Å². The van der Waals surface area contributed by atoms with Crippen molar-refractivity contribution in [2.24, 2.45) is 0 Å². The quantitative estimate of drug-likeness (QED) is 0.444. The molecule has 0 rings (SSSR count). The van der Waals surface area contributed by atoms with Gasteiger partial charge in [-0.15, -0.1) is 0 Å². The maximum atomic E-state index is 11.3. The van der Waals surface area contributed by atoms with Crippen LogP contribution in [0.1, 0.15) is 41.5 Å². The van der Waals surface area contributed by atoms with Crippen molar-refractivity contribution in [1.29, 1.82) is 0 Å². The van der Waals surface area contributed by atoms with Crippen LogP contribution in [-0.4, -0.2) is 62.8 Å². The fourth-order valence-electron chi connectivity index (χ4n) is 1.39. The largest absolute Gasteiger partial charge is 0.458 e. The smallest absolute Gasteiger partial charge is 0.332 e. The van der Waals surface area contributed by atoms with E-state index in [0.29, 0.717) is 13.2 Å². The molecule has 0 spiro atoms. The van der Waals surface area contributed by atoms with Crippen molar-refractivity contribution in [1.82, 2.24) is 0 Å². The normalized spacial score (nSPS) is 12.1. The molecular formula is C16H30O7. The van der Waals surface area contributed by atoms with E-state index in [-0.39, 0.29) is 26.4 Å². The van der Waals surface area contributed by atoms with Crippen LogP contribution in [0.5, 0.6) is 0 Å². The lowest BCUT2D eigenvalue weighted by molar-refractivity contribution is -0.160. The van der Waals surface area contributed by atoms with E-state index in [0.717, 1.165) is 0 Å². The number of hydrogen-bond acceptors (Lipinski definition) is 7. The van der Waals surface area contributed by atoms with Crippen LogP contribution in [0, 0.1) is 0 Å². The molecule has 7 nitrogen and oxygen atoms in total. The molecule has 7 heteroatoms. The second kappa shape index (κ2) is 10.6. The summed E-state index contributed by atoms with van der Waals surface area (Å²) in [6.07, 6.45) is 0. The Hall–Kier alpha value is -1.18. The zero-order valence-corrected chi connectivity index (χ0v) is 15.1. The fourth-order valence-corrected chi connectivity index (χ4v) is 1.39. The average molecular weight is 334 g/mol. The lowest BCUT2D eigenvalue weighted by Gasteiger charge is -2.19. The van der Waals surface area contributed by atoms with Crippen LogP contribution >= 0.6 is 0 Å². The van der Waals surface area contributed by atoms with Gasteiger partial charge in [0, 0.05) is 0 Å². The first-order valence-electron chi connectivity index (χ1n) is 7.66. The number of hydrogen-bond donors (Lipinski definition) is 0. The Balaban J connectivity index is 3.41. The van der Waals surface area contributed by atoms with Crippen LogP contribution in [-0.2, 0) is 33.3 Å². The summed E-state index contributed by atoms with van der Waals surface area (Å²) in [5, 5.41) is 0. The molecule has 0 atom stereocenters. The van der Waals surface area contributed by atoms with E-state index in [1.807, 2.05) is 0 Å². The molecule has 0 fully saturated rings. The van der Waals surface area contributed by atoms with Gasteiger partial charge in [0.1, 0.15) is 24.4 Å². The summed E-state index contributed by atoms with van der Waals surface area (Å²) in [4.78, 5) is 22.7. The summed E-state index contributed by atoms with van der Waals surface area (Å²) in [5.41, 5.74) is -1.02. The Morgan fingerprint density at radius 3 is 1.22 bits per heavy atom. The molecule has 0 amide bonds. The number of esters is 2. The van der Waals surface area contributed by atoms with Gasteiger partial charge in [-0.1, -0.05) is 0 Å². The third-order valence-corrected chi connectivity index (χ3v) is 2.02. The van der Waals surface area contributed by atoms with Crippen molar-refractivity contribution in [3.05, 3.63) is 0 Å².